The number of hydrogen-bond donors (Lipinski definition) is 1. The Kier molecular flexibility index (Phi) is 8.30. The average Bonchev–Trinajstić information content (AvgIpc) is 2.92. The van der Waals surface area contributed by atoms with Crippen molar-refractivity contribution in [3.63, 3.8) is 0 Å². The maximum Gasteiger partial charge on any atom is 0.417 e. The van der Waals surface area contributed by atoms with E-state index in [1.54, 1.807) is 17.0 Å². The van der Waals surface area contributed by atoms with E-state index < -0.39 is 23.5 Å². The third kappa shape index (κ3) is 6.24. The van der Waals surface area contributed by atoms with Crippen molar-refractivity contribution in [2.75, 3.05) is 25.0 Å². The first kappa shape index (κ1) is 28.3. The van der Waals surface area contributed by atoms with Gasteiger partial charge in [0.25, 0.3) is 5.91 Å². The maximum absolute atomic E-state index is 14.1. The number of likely N-dealkylation sites (tertiary alicyclic amines) is 1. The number of aromatic nitrogens is 1. The van der Waals surface area contributed by atoms with E-state index in [1.807, 2.05) is 6.92 Å². The first-order chi connectivity index (χ1) is 19.1. The van der Waals surface area contributed by atoms with E-state index in [4.69, 9.17) is 21.1 Å². The van der Waals surface area contributed by atoms with Gasteiger partial charge in [0.1, 0.15) is 11.6 Å². The van der Waals surface area contributed by atoms with Crippen LogP contribution in [0.1, 0.15) is 41.3 Å². The van der Waals surface area contributed by atoms with Gasteiger partial charge >= 0.3 is 6.18 Å². The molecule has 2 aromatic carbocycles. The van der Waals surface area contributed by atoms with Crippen molar-refractivity contribution in [2.24, 2.45) is 5.92 Å². The molecule has 1 aromatic heterocycles. The van der Waals surface area contributed by atoms with E-state index in [9.17, 15) is 22.4 Å². The molecule has 2 aliphatic rings. The van der Waals surface area contributed by atoms with Gasteiger partial charge in [0, 0.05) is 53.5 Å². The molecule has 3 aromatic rings. The molecule has 0 aliphatic carbocycles. The molecule has 6 nitrogen and oxygen atoms in total. The summed E-state index contributed by atoms with van der Waals surface area (Å²) >= 11 is 6.05. The Labute approximate surface area is 234 Å². The standard InChI is InChI=1S/C29H28ClF4N3O3/c1-17-39-28(40-17)18-10-13-37(14-11-18)27(38)19-5-7-21(23(15-19)29(32,33)34)20-6-8-26(36-16-20)35-12-9-22-24(30)3-2-4-25(22)31/h2-8,15-18,28H,9-14H2,1H3,(H,35,36). The highest BCUT2D eigenvalue weighted by molar-refractivity contribution is 6.31. The van der Waals surface area contributed by atoms with Crippen LogP contribution in [0, 0.1) is 11.7 Å². The van der Waals surface area contributed by atoms with Crippen LogP contribution in [0.15, 0.2) is 54.7 Å². The van der Waals surface area contributed by atoms with Crippen LogP contribution in [-0.2, 0) is 22.1 Å². The maximum atomic E-state index is 14.1. The van der Waals surface area contributed by atoms with Gasteiger partial charge in [0.15, 0.2) is 12.6 Å². The lowest BCUT2D eigenvalue weighted by Crippen LogP contribution is -2.48. The molecule has 11 heteroatoms. The Balaban J connectivity index is 1.25. The smallest absolute Gasteiger partial charge is 0.370 e. The molecule has 1 amide bonds. The Morgan fingerprint density at radius 1 is 1.12 bits per heavy atom. The second kappa shape index (κ2) is 11.7. The van der Waals surface area contributed by atoms with E-state index >= 15 is 0 Å². The van der Waals surface area contributed by atoms with E-state index in [-0.39, 0.29) is 35.2 Å². The summed E-state index contributed by atoms with van der Waals surface area (Å²) in [6.07, 6.45) is -2.22. The van der Waals surface area contributed by atoms with Crippen molar-refractivity contribution < 1.29 is 31.8 Å². The molecule has 3 heterocycles. The minimum Gasteiger partial charge on any atom is -0.370 e. The largest absolute Gasteiger partial charge is 0.417 e. The minimum atomic E-state index is -4.68. The molecule has 0 saturated carbocycles. The Morgan fingerprint density at radius 3 is 2.50 bits per heavy atom. The summed E-state index contributed by atoms with van der Waals surface area (Å²) in [7, 11) is 0. The highest BCUT2D eigenvalue weighted by Crippen LogP contribution is 2.38. The summed E-state index contributed by atoms with van der Waals surface area (Å²) in [5.41, 5.74) is -0.372. The molecule has 5 rings (SSSR count). The summed E-state index contributed by atoms with van der Waals surface area (Å²) < 4.78 is 67.3. The fraction of sp³-hybridized carbons (Fsp3) is 0.379. The van der Waals surface area contributed by atoms with Gasteiger partial charge in [0.2, 0.25) is 0 Å². The fourth-order valence-electron chi connectivity index (χ4n) is 5.08. The van der Waals surface area contributed by atoms with E-state index in [0.29, 0.717) is 55.3 Å². The number of piperidine rings is 1. The van der Waals surface area contributed by atoms with Crippen LogP contribution in [0.4, 0.5) is 23.4 Å². The number of anilines is 1. The highest BCUT2D eigenvalue weighted by atomic mass is 35.5. The van der Waals surface area contributed by atoms with Gasteiger partial charge in [-0.2, -0.15) is 13.2 Å². The number of carbonyl (C=O) groups is 1. The number of hydrogen-bond acceptors (Lipinski definition) is 5. The van der Waals surface area contributed by atoms with Gasteiger partial charge < -0.3 is 19.7 Å². The monoisotopic (exact) mass is 577 g/mol. The summed E-state index contributed by atoms with van der Waals surface area (Å²) in [6, 6.07) is 11.2. The van der Waals surface area contributed by atoms with Crippen LogP contribution < -0.4 is 5.32 Å². The van der Waals surface area contributed by atoms with E-state index in [2.05, 4.69) is 10.3 Å². The van der Waals surface area contributed by atoms with Gasteiger partial charge in [0.05, 0.1) is 5.56 Å². The average molecular weight is 578 g/mol. The van der Waals surface area contributed by atoms with Gasteiger partial charge in [-0.3, -0.25) is 4.79 Å². The quantitative estimate of drug-likeness (QED) is 0.313. The van der Waals surface area contributed by atoms with Crippen LogP contribution in [0.3, 0.4) is 0 Å². The lowest BCUT2D eigenvalue weighted by Gasteiger charge is -2.42. The molecule has 0 unspecified atom stereocenters. The van der Waals surface area contributed by atoms with Gasteiger partial charge in [-0.15, -0.1) is 0 Å². The first-order valence-corrected chi connectivity index (χ1v) is 13.4. The first-order valence-electron chi connectivity index (χ1n) is 13.0. The number of nitrogens with one attached hydrogen (secondary N) is 1. The van der Waals surface area contributed by atoms with Gasteiger partial charge in [-0.25, -0.2) is 9.37 Å². The number of carbonyl (C=O) groups excluding carboxylic acids is 1. The molecule has 40 heavy (non-hydrogen) atoms. The zero-order valence-corrected chi connectivity index (χ0v) is 22.4. The molecule has 212 valence electrons. The van der Waals surface area contributed by atoms with Gasteiger partial charge in [-0.05, 0) is 68.1 Å². The predicted octanol–water partition coefficient (Wildman–Crippen LogP) is 6.79. The second-order valence-electron chi connectivity index (χ2n) is 9.91. The number of halogens is 5. The van der Waals surface area contributed by atoms with Gasteiger partial charge in [-0.1, -0.05) is 23.7 Å². The summed E-state index contributed by atoms with van der Waals surface area (Å²) in [6.45, 7) is 2.98. The molecule has 0 radical (unpaired) electrons. The topological polar surface area (TPSA) is 63.7 Å². The lowest BCUT2D eigenvalue weighted by molar-refractivity contribution is -0.394. The number of ether oxygens (including phenoxy) is 2. The SMILES string of the molecule is CC1OC(C2CCN(C(=O)c3ccc(-c4ccc(NCCc5c(F)cccc5Cl)nc4)c(C(F)(F)F)c3)CC2)O1. The molecule has 2 aliphatic heterocycles. The molecule has 2 saturated heterocycles. The number of benzene rings is 2. The highest BCUT2D eigenvalue weighted by Gasteiger charge is 2.38. The molecular formula is C29H28ClF4N3O3. The van der Waals surface area contributed by atoms with Crippen molar-refractivity contribution in [3.8, 4) is 11.1 Å². The van der Waals surface area contributed by atoms with Crippen molar-refractivity contribution in [1.29, 1.82) is 0 Å². The molecule has 0 bridgehead atoms. The fourth-order valence-corrected chi connectivity index (χ4v) is 5.33. The number of rotatable bonds is 7. The number of pyridine rings is 1. The summed E-state index contributed by atoms with van der Waals surface area (Å²) in [5, 5.41) is 3.35. The van der Waals surface area contributed by atoms with Crippen LogP contribution in [-0.4, -0.2) is 48.0 Å². The van der Waals surface area contributed by atoms with Crippen molar-refractivity contribution in [1.82, 2.24) is 9.88 Å². The van der Waals surface area contributed by atoms with Crippen LogP contribution in [0.2, 0.25) is 5.02 Å². The molecule has 0 spiro atoms. The van der Waals surface area contributed by atoms with Crippen molar-refractivity contribution in [2.45, 2.75) is 44.9 Å². The van der Waals surface area contributed by atoms with Crippen LogP contribution >= 0.6 is 11.6 Å². The van der Waals surface area contributed by atoms with Crippen LogP contribution in [0.25, 0.3) is 11.1 Å². The normalized spacial score (nSPS) is 19.8. The zero-order valence-electron chi connectivity index (χ0n) is 21.7. The number of amides is 1. The van der Waals surface area contributed by atoms with Crippen LogP contribution in [0.5, 0.6) is 0 Å². The Morgan fingerprint density at radius 2 is 1.88 bits per heavy atom. The lowest BCUT2D eigenvalue weighted by atomic mass is 9.94. The zero-order chi connectivity index (χ0) is 28.4. The van der Waals surface area contributed by atoms with Crippen molar-refractivity contribution >= 4 is 23.3 Å². The second-order valence-corrected chi connectivity index (χ2v) is 10.3. The summed E-state index contributed by atoms with van der Waals surface area (Å²) in [4.78, 5) is 18.9. The Hall–Kier alpha value is -3.21. The molecule has 2 fully saturated rings. The number of nitrogens with zero attached hydrogens (tertiary/aromatic N) is 2. The third-order valence-corrected chi connectivity index (χ3v) is 7.61. The summed E-state index contributed by atoms with van der Waals surface area (Å²) in [5.74, 6) is -0.258. The molecule has 0 atom stereocenters. The third-order valence-electron chi connectivity index (χ3n) is 7.25. The minimum absolute atomic E-state index is 0.0163. The number of alkyl halides is 3. The Bertz CT molecular complexity index is 1340. The molecular weight excluding hydrogens is 550 g/mol. The van der Waals surface area contributed by atoms with E-state index in [0.717, 1.165) is 6.07 Å². The molecule has 1 N–H and O–H groups in total. The van der Waals surface area contributed by atoms with E-state index in [1.165, 1.54) is 36.5 Å². The predicted molar refractivity (Wildman–Crippen MR) is 142 cm³/mol. The van der Waals surface area contributed by atoms with Crippen molar-refractivity contribution in [3.05, 3.63) is 82.3 Å².